The summed E-state index contributed by atoms with van der Waals surface area (Å²) in [5.74, 6) is 1.36. The van der Waals surface area contributed by atoms with E-state index in [1.54, 1.807) is 31.4 Å². The summed E-state index contributed by atoms with van der Waals surface area (Å²) in [5, 5.41) is 12.6. The van der Waals surface area contributed by atoms with Crippen LogP contribution in [0.25, 0.3) is 0 Å². The number of nitrogens with one attached hydrogen (secondary N) is 1. The molecule has 0 saturated carbocycles. The molecule has 1 N–H and O–H groups in total. The van der Waals surface area contributed by atoms with Crippen molar-refractivity contribution < 1.29 is 9.53 Å². The zero-order chi connectivity index (χ0) is 20.8. The predicted octanol–water partition coefficient (Wildman–Crippen LogP) is 3.79. The van der Waals surface area contributed by atoms with E-state index in [9.17, 15) is 4.79 Å². The molecule has 2 heterocycles. The highest BCUT2D eigenvalue weighted by Gasteiger charge is 2.15. The normalized spacial score (nSPS) is 10.7. The lowest BCUT2D eigenvalue weighted by molar-refractivity contribution is -0.113. The Labute approximate surface area is 178 Å². The van der Waals surface area contributed by atoms with Crippen LogP contribution in [0.3, 0.4) is 0 Å². The molecule has 3 rings (SSSR count). The van der Waals surface area contributed by atoms with Crippen molar-refractivity contribution in [1.82, 2.24) is 19.3 Å². The van der Waals surface area contributed by atoms with E-state index in [-0.39, 0.29) is 11.7 Å². The maximum absolute atomic E-state index is 12.4. The van der Waals surface area contributed by atoms with Gasteiger partial charge in [0.1, 0.15) is 11.6 Å². The van der Waals surface area contributed by atoms with Gasteiger partial charge >= 0.3 is 0 Å². The standard InChI is InChI=1S/C20H22ClN5O2S/c1-4-9-26-18(12-15-6-5-10-25(15)2)23-24-20(26)29-13-19(27)22-16-11-14(21)7-8-17(16)28-3/h4-8,10-11H,1,9,12-13H2,2-3H3,(H,22,27). The third-order valence-electron chi connectivity index (χ3n) is 4.26. The Bertz CT molecular complexity index is 1010. The number of thioether (sulfide) groups is 1. The van der Waals surface area contributed by atoms with Crippen LogP contribution in [0.15, 0.2) is 54.3 Å². The van der Waals surface area contributed by atoms with E-state index in [2.05, 4.69) is 22.1 Å². The molecule has 0 radical (unpaired) electrons. The van der Waals surface area contributed by atoms with Gasteiger partial charge in [-0.15, -0.1) is 16.8 Å². The average Bonchev–Trinajstić information content (AvgIpc) is 3.27. The van der Waals surface area contributed by atoms with Crippen LogP contribution in [0, 0.1) is 0 Å². The molecular weight excluding hydrogens is 410 g/mol. The van der Waals surface area contributed by atoms with Crippen LogP contribution in [0.5, 0.6) is 5.75 Å². The molecule has 0 aliphatic heterocycles. The first kappa shape index (κ1) is 21.0. The summed E-state index contributed by atoms with van der Waals surface area (Å²) in [6, 6.07) is 9.11. The minimum atomic E-state index is -0.187. The van der Waals surface area contributed by atoms with E-state index in [0.29, 0.717) is 34.6 Å². The molecule has 9 heteroatoms. The third-order valence-corrected chi connectivity index (χ3v) is 5.47. The van der Waals surface area contributed by atoms with Crippen LogP contribution in [0.4, 0.5) is 5.69 Å². The SMILES string of the molecule is C=CCn1c(Cc2cccn2C)nnc1SCC(=O)Nc1cc(Cl)ccc1OC. The van der Waals surface area contributed by atoms with E-state index in [0.717, 1.165) is 11.5 Å². The fraction of sp³-hybridized carbons (Fsp3) is 0.250. The van der Waals surface area contributed by atoms with E-state index >= 15 is 0 Å². The number of aromatic nitrogens is 4. The Morgan fingerprint density at radius 2 is 2.21 bits per heavy atom. The molecule has 0 saturated heterocycles. The van der Waals surface area contributed by atoms with E-state index in [1.807, 2.05) is 34.5 Å². The summed E-state index contributed by atoms with van der Waals surface area (Å²) in [7, 11) is 3.54. The minimum absolute atomic E-state index is 0.176. The van der Waals surface area contributed by atoms with Crippen molar-refractivity contribution >= 4 is 35.0 Å². The number of anilines is 1. The lowest BCUT2D eigenvalue weighted by atomic mass is 10.3. The van der Waals surface area contributed by atoms with Gasteiger partial charge in [0.05, 0.1) is 18.6 Å². The fourth-order valence-corrected chi connectivity index (χ4v) is 3.74. The minimum Gasteiger partial charge on any atom is -0.495 e. The molecule has 0 fully saturated rings. The molecule has 0 bridgehead atoms. The Morgan fingerprint density at radius 3 is 2.90 bits per heavy atom. The molecule has 29 heavy (non-hydrogen) atoms. The smallest absolute Gasteiger partial charge is 0.234 e. The van der Waals surface area contributed by atoms with E-state index in [4.69, 9.17) is 16.3 Å². The Morgan fingerprint density at radius 1 is 1.38 bits per heavy atom. The highest BCUT2D eigenvalue weighted by atomic mass is 35.5. The first-order chi connectivity index (χ1) is 14.0. The molecule has 1 aromatic carbocycles. The number of hydrogen-bond acceptors (Lipinski definition) is 5. The third kappa shape index (κ3) is 5.21. The first-order valence-corrected chi connectivity index (χ1v) is 10.3. The number of methoxy groups -OCH3 is 1. The van der Waals surface area contributed by atoms with Gasteiger partial charge in [-0.1, -0.05) is 29.4 Å². The number of carbonyl (C=O) groups excluding carboxylic acids is 1. The van der Waals surface area contributed by atoms with Crippen molar-refractivity contribution in [2.45, 2.75) is 18.1 Å². The summed E-state index contributed by atoms with van der Waals surface area (Å²) >= 11 is 7.33. The molecule has 0 atom stereocenters. The van der Waals surface area contributed by atoms with Crippen LogP contribution < -0.4 is 10.1 Å². The second-order valence-electron chi connectivity index (χ2n) is 6.27. The summed E-state index contributed by atoms with van der Waals surface area (Å²) in [4.78, 5) is 12.4. The molecule has 3 aromatic rings. The number of allylic oxidation sites excluding steroid dienone is 1. The van der Waals surface area contributed by atoms with Crippen LogP contribution >= 0.6 is 23.4 Å². The second-order valence-corrected chi connectivity index (χ2v) is 7.65. The van der Waals surface area contributed by atoms with Gasteiger partial charge in [-0.25, -0.2) is 0 Å². The average molecular weight is 432 g/mol. The molecular formula is C20H22ClN5O2S. The lowest BCUT2D eigenvalue weighted by Crippen LogP contribution is -2.15. The summed E-state index contributed by atoms with van der Waals surface area (Å²) in [6.07, 6.45) is 4.43. The topological polar surface area (TPSA) is 74.0 Å². The zero-order valence-corrected chi connectivity index (χ0v) is 17.8. The van der Waals surface area contributed by atoms with Crippen LogP contribution in [0.1, 0.15) is 11.5 Å². The molecule has 2 aromatic heterocycles. The fourth-order valence-electron chi connectivity index (χ4n) is 2.81. The van der Waals surface area contributed by atoms with Crippen LogP contribution in [-0.2, 0) is 24.8 Å². The van der Waals surface area contributed by atoms with Gasteiger partial charge in [0, 0.05) is 36.9 Å². The maximum Gasteiger partial charge on any atom is 0.234 e. The van der Waals surface area contributed by atoms with Crippen molar-refractivity contribution in [3.63, 3.8) is 0 Å². The highest BCUT2D eigenvalue weighted by Crippen LogP contribution is 2.28. The van der Waals surface area contributed by atoms with Gasteiger partial charge in [-0.05, 0) is 30.3 Å². The summed E-state index contributed by atoms with van der Waals surface area (Å²) < 4.78 is 9.28. The number of carbonyl (C=O) groups is 1. The first-order valence-electron chi connectivity index (χ1n) is 8.91. The molecule has 0 spiro atoms. The van der Waals surface area contributed by atoms with Gasteiger partial charge in [-0.3, -0.25) is 4.79 Å². The van der Waals surface area contributed by atoms with E-state index in [1.165, 1.54) is 11.8 Å². The Hall–Kier alpha value is -2.71. The van der Waals surface area contributed by atoms with Gasteiger partial charge in [0.15, 0.2) is 5.16 Å². The van der Waals surface area contributed by atoms with Gasteiger partial charge in [0.25, 0.3) is 0 Å². The number of rotatable bonds is 9. The predicted molar refractivity (Wildman–Crippen MR) is 116 cm³/mol. The summed E-state index contributed by atoms with van der Waals surface area (Å²) in [6.45, 7) is 4.38. The number of nitrogens with zero attached hydrogens (tertiary/aromatic N) is 4. The van der Waals surface area contributed by atoms with Gasteiger partial charge < -0.3 is 19.2 Å². The number of benzene rings is 1. The van der Waals surface area contributed by atoms with Gasteiger partial charge in [0.2, 0.25) is 5.91 Å². The van der Waals surface area contributed by atoms with Crippen molar-refractivity contribution in [2.75, 3.05) is 18.2 Å². The maximum atomic E-state index is 12.4. The van der Waals surface area contributed by atoms with E-state index < -0.39 is 0 Å². The van der Waals surface area contributed by atoms with Crippen molar-refractivity contribution in [3.8, 4) is 5.75 Å². The monoisotopic (exact) mass is 431 g/mol. The van der Waals surface area contributed by atoms with Gasteiger partial charge in [-0.2, -0.15) is 0 Å². The Balaban J connectivity index is 1.68. The molecule has 0 aliphatic rings. The molecule has 0 aliphatic carbocycles. The number of ether oxygens (including phenoxy) is 1. The molecule has 152 valence electrons. The number of hydrogen-bond donors (Lipinski definition) is 1. The van der Waals surface area contributed by atoms with Crippen LogP contribution in [0.2, 0.25) is 5.02 Å². The lowest BCUT2D eigenvalue weighted by Gasteiger charge is -2.11. The number of aryl methyl sites for hydroxylation is 1. The quantitative estimate of drug-likeness (QED) is 0.412. The summed E-state index contributed by atoms with van der Waals surface area (Å²) in [5.41, 5.74) is 1.66. The largest absolute Gasteiger partial charge is 0.495 e. The van der Waals surface area contributed by atoms with Crippen LogP contribution in [-0.4, -0.2) is 38.1 Å². The van der Waals surface area contributed by atoms with Crippen molar-refractivity contribution in [3.05, 3.63) is 65.7 Å². The van der Waals surface area contributed by atoms with Crippen molar-refractivity contribution in [2.24, 2.45) is 7.05 Å². The Kier molecular flexibility index (Phi) is 7.00. The highest BCUT2D eigenvalue weighted by molar-refractivity contribution is 7.99. The molecule has 1 amide bonds. The van der Waals surface area contributed by atoms with Crippen molar-refractivity contribution in [1.29, 1.82) is 0 Å². The molecule has 7 nitrogen and oxygen atoms in total. The zero-order valence-electron chi connectivity index (χ0n) is 16.3. The number of halogens is 1. The second kappa shape index (κ2) is 9.67. The molecule has 0 unspecified atom stereocenters. The number of amides is 1.